The Morgan fingerprint density at radius 1 is 0.966 bits per heavy atom. The molecule has 3 rings (SSSR count). The number of likely N-dealkylation sites (tertiary alicyclic amines) is 1. The summed E-state index contributed by atoms with van der Waals surface area (Å²) in [6, 6.07) is 16.3. The topological polar surface area (TPSA) is 98.9 Å². The molecule has 1 saturated heterocycles. The Morgan fingerprint density at radius 3 is 2.31 bits per heavy atom. The molecule has 152 valence electrons. The smallest absolute Gasteiger partial charge is 0.339 e. The van der Waals surface area contributed by atoms with Gasteiger partial charge < -0.3 is 20.1 Å². The standard InChI is InChI=1S/C22H24N2O5/c23-21(26)16-10-12-24(13-11-16)20(25)15-29-22(27)19-9-5-4-6-17(19)14-28-18-7-2-1-3-8-18/h1-9,16H,10-15H2,(H2,23,26). The predicted molar refractivity (Wildman–Crippen MR) is 106 cm³/mol. The van der Waals surface area contributed by atoms with Gasteiger partial charge in [0, 0.05) is 24.6 Å². The van der Waals surface area contributed by atoms with Crippen LogP contribution in [0.5, 0.6) is 5.75 Å². The van der Waals surface area contributed by atoms with Gasteiger partial charge in [-0.25, -0.2) is 4.79 Å². The summed E-state index contributed by atoms with van der Waals surface area (Å²) in [6.07, 6.45) is 1.07. The number of esters is 1. The average Bonchev–Trinajstić information content (AvgIpc) is 2.76. The van der Waals surface area contributed by atoms with Crippen molar-refractivity contribution in [2.24, 2.45) is 11.7 Å². The van der Waals surface area contributed by atoms with Crippen LogP contribution in [0.4, 0.5) is 0 Å². The molecule has 0 spiro atoms. The van der Waals surface area contributed by atoms with E-state index in [1.54, 1.807) is 23.1 Å². The van der Waals surface area contributed by atoms with E-state index in [1.165, 1.54) is 0 Å². The molecule has 1 heterocycles. The molecule has 2 aromatic carbocycles. The minimum atomic E-state index is -0.572. The summed E-state index contributed by atoms with van der Waals surface area (Å²) < 4.78 is 10.9. The molecule has 0 radical (unpaired) electrons. The van der Waals surface area contributed by atoms with Crippen molar-refractivity contribution in [1.82, 2.24) is 4.90 Å². The van der Waals surface area contributed by atoms with E-state index < -0.39 is 5.97 Å². The number of amides is 2. The molecule has 2 amide bonds. The second-order valence-electron chi connectivity index (χ2n) is 6.89. The van der Waals surface area contributed by atoms with Crippen LogP contribution in [0.25, 0.3) is 0 Å². The van der Waals surface area contributed by atoms with Crippen molar-refractivity contribution in [2.75, 3.05) is 19.7 Å². The van der Waals surface area contributed by atoms with Crippen molar-refractivity contribution in [3.05, 3.63) is 65.7 Å². The first-order chi connectivity index (χ1) is 14.0. The highest BCUT2D eigenvalue weighted by atomic mass is 16.5. The molecule has 1 fully saturated rings. The first-order valence-corrected chi connectivity index (χ1v) is 9.54. The number of para-hydroxylation sites is 1. The van der Waals surface area contributed by atoms with Gasteiger partial charge in [-0.05, 0) is 31.0 Å². The van der Waals surface area contributed by atoms with Crippen molar-refractivity contribution in [1.29, 1.82) is 0 Å². The van der Waals surface area contributed by atoms with Gasteiger partial charge in [0.25, 0.3) is 5.91 Å². The predicted octanol–water partition coefficient (Wildman–Crippen LogP) is 2.15. The van der Waals surface area contributed by atoms with E-state index >= 15 is 0 Å². The van der Waals surface area contributed by atoms with Gasteiger partial charge in [-0.1, -0.05) is 36.4 Å². The summed E-state index contributed by atoms with van der Waals surface area (Å²) in [5.74, 6) is -0.682. The summed E-state index contributed by atoms with van der Waals surface area (Å²) in [4.78, 5) is 37.6. The van der Waals surface area contributed by atoms with Crippen molar-refractivity contribution in [3.8, 4) is 5.75 Å². The summed E-state index contributed by atoms with van der Waals surface area (Å²) in [6.45, 7) is 0.745. The number of primary amides is 1. The molecule has 0 bridgehead atoms. The monoisotopic (exact) mass is 396 g/mol. The number of nitrogens with zero attached hydrogens (tertiary/aromatic N) is 1. The molecule has 1 aliphatic heterocycles. The van der Waals surface area contributed by atoms with Gasteiger partial charge in [0.1, 0.15) is 12.4 Å². The van der Waals surface area contributed by atoms with Crippen LogP contribution in [-0.4, -0.2) is 42.4 Å². The average molecular weight is 396 g/mol. The van der Waals surface area contributed by atoms with E-state index in [9.17, 15) is 14.4 Å². The van der Waals surface area contributed by atoms with Gasteiger partial charge in [0.15, 0.2) is 6.61 Å². The lowest BCUT2D eigenvalue weighted by Crippen LogP contribution is -2.43. The minimum absolute atomic E-state index is 0.196. The van der Waals surface area contributed by atoms with Gasteiger partial charge in [0.2, 0.25) is 5.91 Å². The Bertz CT molecular complexity index is 861. The zero-order valence-electron chi connectivity index (χ0n) is 16.1. The Kier molecular flexibility index (Phi) is 6.84. The fourth-order valence-corrected chi connectivity index (χ4v) is 3.23. The van der Waals surface area contributed by atoms with Crippen LogP contribution >= 0.6 is 0 Å². The highest BCUT2D eigenvalue weighted by molar-refractivity contribution is 5.92. The Hall–Kier alpha value is -3.35. The Labute approximate surface area is 169 Å². The number of hydrogen-bond acceptors (Lipinski definition) is 5. The van der Waals surface area contributed by atoms with Crippen LogP contribution in [0.15, 0.2) is 54.6 Å². The van der Waals surface area contributed by atoms with E-state index in [2.05, 4.69) is 0 Å². The van der Waals surface area contributed by atoms with E-state index in [0.717, 1.165) is 0 Å². The maximum absolute atomic E-state index is 12.5. The maximum atomic E-state index is 12.5. The highest BCUT2D eigenvalue weighted by Crippen LogP contribution is 2.18. The number of carbonyl (C=O) groups is 3. The van der Waals surface area contributed by atoms with Crippen LogP contribution in [-0.2, 0) is 20.9 Å². The number of ether oxygens (including phenoxy) is 2. The summed E-state index contributed by atoms with van der Waals surface area (Å²) in [5.41, 5.74) is 6.35. The SMILES string of the molecule is NC(=O)C1CCN(C(=O)COC(=O)c2ccccc2COc2ccccc2)CC1. The molecule has 2 N–H and O–H groups in total. The minimum Gasteiger partial charge on any atom is -0.489 e. The van der Waals surface area contributed by atoms with Crippen LogP contribution < -0.4 is 10.5 Å². The maximum Gasteiger partial charge on any atom is 0.339 e. The van der Waals surface area contributed by atoms with Crippen LogP contribution in [0.2, 0.25) is 0 Å². The molecular formula is C22H24N2O5. The van der Waals surface area contributed by atoms with Crippen molar-refractivity contribution in [3.63, 3.8) is 0 Å². The van der Waals surface area contributed by atoms with Gasteiger partial charge in [-0.2, -0.15) is 0 Å². The molecule has 0 atom stereocenters. The summed E-state index contributed by atoms with van der Waals surface area (Å²) in [7, 11) is 0. The number of nitrogens with two attached hydrogens (primary N) is 1. The lowest BCUT2D eigenvalue weighted by atomic mass is 9.96. The number of rotatable bonds is 7. The lowest BCUT2D eigenvalue weighted by Gasteiger charge is -2.30. The third-order valence-corrected chi connectivity index (χ3v) is 4.95. The largest absolute Gasteiger partial charge is 0.489 e. The molecule has 7 nitrogen and oxygen atoms in total. The van der Waals surface area contributed by atoms with E-state index in [0.29, 0.717) is 42.8 Å². The highest BCUT2D eigenvalue weighted by Gasteiger charge is 2.26. The second kappa shape index (κ2) is 9.73. The molecule has 0 aromatic heterocycles. The van der Waals surface area contributed by atoms with Crippen molar-refractivity contribution >= 4 is 17.8 Å². The Balaban J connectivity index is 1.53. The quantitative estimate of drug-likeness (QED) is 0.723. The van der Waals surface area contributed by atoms with Gasteiger partial charge >= 0.3 is 5.97 Å². The van der Waals surface area contributed by atoms with Crippen molar-refractivity contribution < 1.29 is 23.9 Å². The third-order valence-electron chi connectivity index (χ3n) is 4.95. The van der Waals surface area contributed by atoms with Gasteiger partial charge in [-0.3, -0.25) is 9.59 Å². The van der Waals surface area contributed by atoms with E-state index in [4.69, 9.17) is 15.2 Å². The van der Waals surface area contributed by atoms with Crippen LogP contribution in [0.1, 0.15) is 28.8 Å². The molecule has 0 unspecified atom stereocenters. The van der Waals surface area contributed by atoms with Gasteiger partial charge in [-0.15, -0.1) is 0 Å². The molecule has 29 heavy (non-hydrogen) atoms. The third kappa shape index (κ3) is 5.57. The number of benzene rings is 2. The summed E-state index contributed by atoms with van der Waals surface area (Å²) >= 11 is 0. The normalized spacial score (nSPS) is 14.3. The van der Waals surface area contributed by atoms with E-state index in [1.807, 2.05) is 36.4 Å². The van der Waals surface area contributed by atoms with Crippen molar-refractivity contribution in [2.45, 2.75) is 19.4 Å². The van der Waals surface area contributed by atoms with Gasteiger partial charge in [0.05, 0.1) is 5.56 Å². The molecule has 0 saturated carbocycles. The molecule has 1 aliphatic rings. The van der Waals surface area contributed by atoms with Crippen LogP contribution in [0, 0.1) is 5.92 Å². The number of piperidine rings is 1. The molecule has 7 heteroatoms. The first-order valence-electron chi connectivity index (χ1n) is 9.54. The van der Waals surface area contributed by atoms with E-state index in [-0.39, 0.29) is 30.9 Å². The lowest BCUT2D eigenvalue weighted by molar-refractivity contribution is -0.137. The second-order valence-corrected chi connectivity index (χ2v) is 6.89. The summed E-state index contributed by atoms with van der Waals surface area (Å²) in [5, 5.41) is 0. The zero-order chi connectivity index (χ0) is 20.6. The Morgan fingerprint density at radius 2 is 1.62 bits per heavy atom. The number of carbonyl (C=O) groups excluding carboxylic acids is 3. The molecular weight excluding hydrogens is 372 g/mol. The molecule has 2 aromatic rings. The van der Waals surface area contributed by atoms with Crippen LogP contribution in [0.3, 0.4) is 0 Å². The number of hydrogen-bond donors (Lipinski definition) is 1. The fraction of sp³-hybridized carbons (Fsp3) is 0.318. The first kappa shape index (κ1) is 20.4. The molecule has 0 aliphatic carbocycles. The fourth-order valence-electron chi connectivity index (χ4n) is 3.23. The zero-order valence-corrected chi connectivity index (χ0v) is 16.1.